The normalized spacial score (nSPS) is 11.8. The van der Waals surface area contributed by atoms with Crippen molar-refractivity contribution in [2.24, 2.45) is 17.0 Å². The topological polar surface area (TPSA) is 29.6 Å². The van der Waals surface area contributed by atoms with Crippen LogP contribution in [0.4, 0.5) is 11.4 Å². The molecule has 0 saturated heterocycles. The molecule has 0 unspecified atom stereocenters. The fourth-order valence-electron chi connectivity index (χ4n) is 4.02. The van der Waals surface area contributed by atoms with Gasteiger partial charge in [-0.25, -0.2) is 0 Å². The molecule has 0 aliphatic rings. The molecule has 0 radical (unpaired) electrons. The van der Waals surface area contributed by atoms with Gasteiger partial charge in [0.05, 0.1) is 34.7 Å². The molecule has 3 nitrogen and oxygen atoms in total. The number of aliphatic imine (C=N–C) groups is 2. The van der Waals surface area contributed by atoms with Gasteiger partial charge in [-0.1, -0.05) is 72.8 Å². The van der Waals surface area contributed by atoms with E-state index in [2.05, 4.69) is 110 Å². The molecule has 5 rings (SSSR count). The summed E-state index contributed by atoms with van der Waals surface area (Å²) in [6, 6.07) is 33.3. The molecule has 0 bridgehead atoms. The Labute approximate surface area is 214 Å². The Hall–Kier alpha value is -2.88. The van der Waals surface area contributed by atoms with E-state index in [4.69, 9.17) is 30.2 Å². The summed E-state index contributed by atoms with van der Waals surface area (Å²) in [6.45, 7) is 2.06. The number of fused-ring (bicyclic) bond motifs is 2. The van der Waals surface area contributed by atoms with Gasteiger partial charge in [0.25, 0.3) is 0 Å². The van der Waals surface area contributed by atoms with E-state index in [0.29, 0.717) is 0 Å². The van der Waals surface area contributed by atoms with Crippen LogP contribution >= 0.6 is 20.2 Å². The van der Waals surface area contributed by atoms with Crippen molar-refractivity contribution >= 4 is 65.0 Å². The molecule has 0 aliphatic carbocycles. The van der Waals surface area contributed by atoms with E-state index in [1.165, 1.54) is 10.8 Å². The van der Waals surface area contributed by atoms with Crippen molar-refractivity contribution in [2.75, 3.05) is 0 Å². The zero-order valence-corrected chi connectivity index (χ0v) is 21.4. The van der Waals surface area contributed by atoms with Gasteiger partial charge in [0.15, 0.2) is 0 Å². The van der Waals surface area contributed by atoms with Crippen molar-refractivity contribution in [1.29, 1.82) is 0 Å². The molecule has 1 heterocycles. The molecule has 6 heteroatoms. The average molecular weight is 528 g/mol. The molecule has 0 fully saturated rings. The summed E-state index contributed by atoms with van der Waals surface area (Å²) in [7, 11) is 11.6. The van der Waals surface area contributed by atoms with Gasteiger partial charge in [-0.05, 0) is 42.0 Å². The predicted octanol–water partition coefficient (Wildman–Crippen LogP) is 8.60. The number of benzene rings is 4. The van der Waals surface area contributed by atoms with E-state index in [1.54, 1.807) is 0 Å². The first-order valence-electron chi connectivity index (χ1n) is 10.7. The molecule has 0 amide bonds. The summed E-state index contributed by atoms with van der Waals surface area (Å²) in [5.41, 5.74) is 5.05. The van der Waals surface area contributed by atoms with Gasteiger partial charge < -0.3 is 4.57 Å². The first-order valence-corrected chi connectivity index (χ1v) is 13.7. The third kappa shape index (κ3) is 5.43. The Balaban J connectivity index is 0.000000868. The number of halogens is 2. The Morgan fingerprint density at radius 2 is 1.26 bits per heavy atom. The molecule has 34 heavy (non-hydrogen) atoms. The Morgan fingerprint density at radius 3 is 1.91 bits per heavy atom. The maximum atomic E-state index is 4.94. The summed E-state index contributed by atoms with van der Waals surface area (Å²) in [5.74, 6) is 0. The Bertz CT molecular complexity index is 1480. The molecule has 5 aromatic rings. The van der Waals surface area contributed by atoms with Crippen molar-refractivity contribution < 1.29 is 13.1 Å². The Morgan fingerprint density at radius 1 is 0.735 bits per heavy atom. The summed E-state index contributed by atoms with van der Waals surface area (Å²) in [4.78, 5) is 9.72. The van der Waals surface area contributed by atoms with Crippen LogP contribution in [-0.2, 0) is 20.2 Å². The first kappa shape index (κ1) is 24.3. The second-order valence-corrected chi connectivity index (χ2v) is 9.53. The zero-order valence-electron chi connectivity index (χ0n) is 18.8. The number of hydrogen-bond donors (Lipinski definition) is 0. The minimum absolute atomic E-state index is 0.194. The van der Waals surface area contributed by atoms with E-state index in [9.17, 15) is 0 Å². The standard InChI is InChI=1S/C28H23N3.2ClH.Fe/c1-20(30-27-16-8-12-22-10-4-6-14-25(22)27)28-18-17-23(31(28)2)19-29-26-15-7-11-21-9-3-5-13-24(21)26;;;/h3-19H,1-2H3;2*1H;/q;;;+2/p-2. The van der Waals surface area contributed by atoms with Gasteiger partial charge in [0.2, 0.25) is 0 Å². The molecule has 4 aromatic carbocycles. The fourth-order valence-corrected chi connectivity index (χ4v) is 4.02. The zero-order chi connectivity index (χ0) is 23.9. The van der Waals surface area contributed by atoms with Gasteiger partial charge in [-0.3, -0.25) is 9.98 Å². The predicted molar refractivity (Wildman–Crippen MR) is 144 cm³/mol. The number of aromatic nitrogens is 1. The Kier molecular flexibility index (Phi) is 8.20. The third-order valence-corrected chi connectivity index (χ3v) is 5.69. The maximum absolute atomic E-state index is 4.94. The molecule has 0 aliphatic heterocycles. The molecule has 0 saturated carbocycles. The van der Waals surface area contributed by atoms with Gasteiger partial charge >= 0.3 is 33.3 Å². The van der Waals surface area contributed by atoms with Crippen LogP contribution in [0.5, 0.6) is 0 Å². The minimum atomic E-state index is 0.194. The second kappa shape index (κ2) is 11.5. The molecule has 0 spiro atoms. The van der Waals surface area contributed by atoms with Gasteiger partial charge in [0.1, 0.15) is 0 Å². The number of hydrogen-bond acceptors (Lipinski definition) is 2. The van der Waals surface area contributed by atoms with Crippen LogP contribution in [0.3, 0.4) is 0 Å². The van der Waals surface area contributed by atoms with Crippen LogP contribution < -0.4 is 0 Å². The van der Waals surface area contributed by atoms with Crippen LogP contribution in [-0.4, -0.2) is 16.5 Å². The molecular formula is C28H23Cl2FeN3. The molecule has 172 valence electrons. The molecule has 1 aromatic heterocycles. The van der Waals surface area contributed by atoms with Gasteiger partial charge in [-0.2, -0.15) is 0 Å². The number of nitrogens with zero attached hydrogens (tertiary/aromatic N) is 3. The fraction of sp³-hybridized carbons (Fsp3) is 0.0714. The van der Waals surface area contributed by atoms with Crippen LogP contribution in [0.15, 0.2) is 107 Å². The quantitative estimate of drug-likeness (QED) is 0.165. The van der Waals surface area contributed by atoms with E-state index < -0.39 is 0 Å². The second-order valence-electron chi connectivity index (χ2n) is 7.70. The van der Waals surface area contributed by atoms with Crippen molar-refractivity contribution in [3.05, 3.63) is 108 Å². The van der Waals surface area contributed by atoms with Crippen molar-refractivity contribution in [1.82, 2.24) is 4.57 Å². The SMILES string of the molecule is CC(=Nc1cccc2ccccc12)c1ccc(C=Nc2cccc3ccccc23)n1C.[Cl][Fe][Cl]. The van der Waals surface area contributed by atoms with E-state index in [1.807, 2.05) is 12.3 Å². The summed E-state index contributed by atoms with van der Waals surface area (Å²) < 4.78 is 2.14. The van der Waals surface area contributed by atoms with Crippen LogP contribution in [0.2, 0.25) is 0 Å². The van der Waals surface area contributed by atoms with E-state index in [-0.39, 0.29) is 13.1 Å². The van der Waals surface area contributed by atoms with Gasteiger partial charge in [-0.15, -0.1) is 0 Å². The first-order chi connectivity index (χ1) is 16.6. The summed E-state index contributed by atoms with van der Waals surface area (Å²) >= 11 is 0.194. The van der Waals surface area contributed by atoms with Crippen molar-refractivity contribution in [2.45, 2.75) is 6.92 Å². The average Bonchev–Trinajstić information content (AvgIpc) is 3.23. The summed E-state index contributed by atoms with van der Waals surface area (Å²) in [6.07, 6.45) is 1.93. The van der Waals surface area contributed by atoms with Crippen molar-refractivity contribution in [3.63, 3.8) is 0 Å². The van der Waals surface area contributed by atoms with Gasteiger partial charge in [0, 0.05) is 17.8 Å². The van der Waals surface area contributed by atoms with E-state index >= 15 is 0 Å². The molecular weight excluding hydrogens is 505 g/mol. The van der Waals surface area contributed by atoms with Crippen molar-refractivity contribution in [3.8, 4) is 0 Å². The molecule has 0 N–H and O–H groups in total. The van der Waals surface area contributed by atoms with E-state index in [0.717, 1.165) is 39.2 Å². The third-order valence-electron chi connectivity index (χ3n) is 5.69. The van der Waals surface area contributed by atoms with Crippen LogP contribution in [0, 0.1) is 0 Å². The molecule has 0 atom stereocenters. The number of rotatable bonds is 4. The van der Waals surface area contributed by atoms with Crippen LogP contribution in [0.1, 0.15) is 18.3 Å². The summed E-state index contributed by atoms with van der Waals surface area (Å²) in [5, 5.41) is 4.72. The monoisotopic (exact) mass is 527 g/mol. The van der Waals surface area contributed by atoms with Crippen LogP contribution in [0.25, 0.3) is 21.5 Å².